The van der Waals surface area contributed by atoms with Gasteiger partial charge >= 0.3 is 0 Å². The van der Waals surface area contributed by atoms with Crippen LogP contribution in [0.3, 0.4) is 0 Å². The molecule has 34 heavy (non-hydrogen) atoms. The van der Waals surface area contributed by atoms with Crippen LogP contribution in [0, 0.1) is 0 Å². The summed E-state index contributed by atoms with van der Waals surface area (Å²) in [6.45, 7) is 7.34. The van der Waals surface area contributed by atoms with E-state index in [1.165, 1.54) is 16.7 Å². The Labute approximate surface area is 220 Å². The van der Waals surface area contributed by atoms with E-state index in [0.717, 1.165) is 64.7 Å². The van der Waals surface area contributed by atoms with Gasteiger partial charge in [0.05, 0.1) is 0 Å². The maximum atomic E-state index is 11.8. The molecule has 0 unspecified atom stereocenters. The normalized spacial score (nSPS) is 17.3. The largest absolute Gasteiger partial charge is 0.352 e. The lowest BCUT2D eigenvalue weighted by atomic mass is 10.1. The average Bonchev–Trinajstić information content (AvgIpc) is 3.26. The molecule has 2 fully saturated rings. The van der Waals surface area contributed by atoms with Crippen LogP contribution in [0.15, 0.2) is 65.7 Å². The molecule has 2 aromatic rings. The fourth-order valence-electron chi connectivity index (χ4n) is 4.41. The minimum Gasteiger partial charge on any atom is -0.352 e. The van der Waals surface area contributed by atoms with Gasteiger partial charge in [-0.2, -0.15) is 0 Å². The Morgan fingerprint density at radius 1 is 0.971 bits per heavy atom. The Bertz CT molecular complexity index is 953. The van der Waals surface area contributed by atoms with E-state index in [1.54, 1.807) is 0 Å². The van der Waals surface area contributed by atoms with Gasteiger partial charge in [0.1, 0.15) is 0 Å². The van der Waals surface area contributed by atoms with E-state index in [-0.39, 0.29) is 29.9 Å². The van der Waals surface area contributed by atoms with E-state index in [2.05, 4.69) is 80.8 Å². The predicted molar refractivity (Wildman–Crippen MR) is 150 cm³/mol. The summed E-state index contributed by atoms with van der Waals surface area (Å²) < 4.78 is 0. The third-order valence-corrected chi connectivity index (χ3v) is 6.38. The van der Waals surface area contributed by atoms with E-state index in [0.29, 0.717) is 6.42 Å². The Kier molecular flexibility index (Phi) is 10.4. The number of aliphatic imine (C=N–C) groups is 1. The second kappa shape index (κ2) is 13.5. The van der Waals surface area contributed by atoms with E-state index in [1.807, 2.05) is 18.0 Å². The summed E-state index contributed by atoms with van der Waals surface area (Å²) in [7, 11) is 1.85. The zero-order chi connectivity index (χ0) is 22.9. The molecule has 0 aliphatic carbocycles. The van der Waals surface area contributed by atoms with Gasteiger partial charge in [-0.15, -0.1) is 24.0 Å². The first kappa shape index (κ1) is 26.2. The van der Waals surface area contributed by atoms with Gasteiger partial charge in [0.25, 0.3) is 0 Å². The van der Waals surface area contributed by atoms with Crippen LogP contribution >= 0.6 is 24.0 Å². The van der Waals surface area contributed by atoms with Gasteiger partial charge in [-0.3, -0.25) is 14.7 Å². The Morgan fingerprint density at radius 2 is 1.68 bits per heavy atom. The SMILES string of the molecule is CN=C(NCc1ccc(CN2CCCC2=O)cc1)N1CCN(C/C=C/c2ccccc2)CC1.I. The number of carbonyl (C=O) groups excluding carboxylic acids is 1. The molecule has 2 aliphatic heterocycles. The van der Waals surface area contributed by atoms with Crippen LogP contribution in [-0.4, -0.2) is 72.9 Å². The number of carbonyl (C=O) groups is 1. The summed E-state index contributed by atoms with van der Waals surface area (Å²) in [6, 6.07) is 19.0. The number of amides is 1. The van der Waals surface area contributed by atoms with E-state index < -0.39 is 0 Å². The first-order valence-electron chi connectivity index (χ1n) is 12.0. The molecule has 2 heterocycles. The summed E-state index contributed by atoms with van der Waals surface area (Å²) in [4.78, 5) is 23.1. The van der Waals surface area contributed by atoms with Gasteiger partial charge in [-0.1, -0.05) is 66.7 Å². The first-order valence-corrected chi connectivity index (χ1v) is 12.0. The Balaban J connectivity index is 0.00000324. The number of rotatable bonds is 7. The monoisotopic (exact) mass is 573 g/mol. The second-order valence-corrected chi connectivity index (χ2v) is 8.74. The summed E-state index contributed by atoms with van der Waals surface area (Å²) >= 11 is 0. The predicted octanol–water partition coefficient (Wildman–Crippen LogP) is 3.83. The number of halogens is 1. The Hall–Kier alpha value is -2.39. The Morgan fingerprint density at radius 3 is 2.32 bits per heavy atom. The van der Waals surface area contributed by atoms with Crippen LogP contribution in [0.2, 0.25) is 0 Å². The standard InChI is InChI=1S/C27H35N5O.HI/c1-28-27(29-21-24-11-13-25(14-12-24)22-32-16-6-10-26(32)33)31-19-17-30(18-20-31)15-5-9-23-7-3-2-4-8-23;/h2-5,7-9,11-14H,6,10,15-22H2,1H3,(H,28,29);1H/b9-5+;. The molecule has 2 saturated heterocycles. The molecule has 4 rings (SSSR count). The number of hydrogen-bond donors (Lipinski definition) is 1. The lowest BCUT2D eigenvalue weighted by molar-refractivity contribution is -0.128. The van der Waals surface area contributed by atoms with Gasteiger partial charge in [-0.25, -0.2) is 0 Å². The van der Waals surface area contributed by atoms with Crippen molar-refractivity contribution in [2.75, 3.05) is 46.3 Å². The van der Waals surface area contributed by atoms with Crippen molar-refractivity contribution in [2.24, 2.45) is 4.99 Å². The number of guanidine groups is 1. The van der Waals surface area contributed by atoms with Crippen molar-refractivity contribution in [2.45, 2.75) is 25.9 Å². The molecule has 1 amide bonds. The van der Waals surface area contributed by atoms with Crippen LogP contribution in [-0.2, 0) is 17.9 Å². The van der Waals surface area contributed by atoms with Crippen molar-refractivity contribution in [3.63, 3.8) is 0 Å². The van der Waals surface area contributed by atoms with E-state index in [4.69, 9.17) is 0 Å². The van der Waals surface area contributed by atoms with Crippen molar-refractivity contribution < 1.29 is 4.79 Å². The molecule has 0 radical (unpaired) electrons. The highest BCUT2D eigenvalue weighted by atomic mass is 127. The molecular formula is C27H36IN5O. The van der Waals surface area contributed by atoms with Crippen molar-refractivity contribution in [1.29, 1.82) is 0 Å². The molecule has 0 aromatic heterocycles. The highest BCUT2D eigenvalue weighted by molar-refractivity contribution is 14.0. The molecule has 0 spiro atoms. The maximum absolute atomic E-state index is 11.8. The summed E-state index contributed by atoms with van der Waals surface area (Å²) in [5, 5.41) is 3.51. The fourth-order valence-corrected chi connectivity index (χ4v) is 4.41. The third kappa shape index (κ3) is 7.56. The zero-order valence-corrected chi connectivity index (χ0v) is 22.4. The van der Waals surface area contributed by atoms with Crippen molar-refractivity contribution >= 4 is 41.9 Å². The number of benzene rings is 2. The van der Waals surface area contributed by atoms with Crippen molar-refractivity contribution in [3.05, 3.63) is 77.4 Å². The van der Waals surface area contributed by atoms with E-state index >= 15 is 0 Å². The molecule has 0 saturated carbocycles. The van der Waals surface area contributed by atoms with Gasteiger partial charge in [0.2, 0.25) is 5.91 Å². The summed E-state index contributed by atoms with van der Waals surface area (Å²) in [6.07, 6.45) is 6.13. The molecular weight excluding hydrogens is 537 g/mol. The molecule has 0 bridgehead atoms. The molecule has 2 aliphatic rings. The minimum atomic E-state index is 0. The quantitative estimate of drug-likeness (QED) is 0.311. The van der Waals surface area contributed by atoms with Crippen molar-refractivity contribution in [1.82, 2.24) is 20.0 Å². The van der Waals surface area contributed by atoms with Crippen LogP contribution in [0.4, 0.5) is 0 Å². The number of piperazine rings is 1. The zero-order valence-electron chi connectivity index (χ0n) is 20.0. The first-order chi connectivity index (χ1) is 16.2. The van der Waals surface area contributed by atoms with Gasteiger partial charge < -0.3 is 15.1 Å². The van der Waals surface area contributed by atoms with Crippen LogP contribution in [0.25, 0.3) is 6.08 Å². The molecule has 1 N–H and O–H groups in total. The second-order valence-electron chi connectivity index (χ2n) is 8.74. The van der Waals surface area contributed by atoms with Crippen LogP contribution in [0.1, 0.15) is 29.5 Å². The topological polar surface area (TPSA) is 51.2 Å². The molecule has 182 valence electrons. The number of nitrogens with zero attached hydrogens (tertiary/aromatic N) is 4. The number of nitrogens with one attached hydrogen (secondary N) is 1. The molecule has 2 aromatic carbocycles. The van der Waals surface area contributed by atoms with Gasteiger partial charge in [-0.05, 0) is 23.1 Å². The van der Waals surface area contributed by atoms with Gasteiger partial charge in [0.15, 0.2) is 5.96 Å². The van der Waals surface area contributed by atoms with Crippen LogP contribution < -0.4 is 5.32 Å². The highest BCUT2D eigenvalue weighted by Gasteiger charge is 2.20. The van der Waals surface area contributed by atoms with Gasteiger partial charge in [0, 0.05) is 65.8 Å². The summed E-state index contributed by atoms with van der Waals surface area (Å²) in [5.41, 5.74) is 3.66. The number of likely N-dealkylation sites (tertiary alicyclic amines) is 1. The maximum Gasteiger partial charge on any atom is 0.222 e. The fraction of sp³-hybridized carbons (Fsp3) is 0.407. The third-order valence-electron chi connectivity index (χ3n) is 6.38. The molecule has 0 atom stereocenters. The molecule has 7 heteroatoms. The lowest BCUT2D eigenvalue weighted by Crippen LogP contribution is -2.52. The molecule has 6 nitrogen and oxygen atoms in total. The van der Waals surface area contributed by atoms with Crippen molar-refractivity contribution in [3.8, 4) is 0 Å². The van der Waals surface area contributed by atoms with Crippen LogP contribution in [0.5, 0.6) is 0 Å². The van der Waals surface area contributed by atoms with E-state index in [9.17, 15) is 4.79 Å². The average molecular weight is 574 g/mol. The summed E-state index contributed by atoms with van der Waals surface area (Å²) in [5.74, 6) is 1.23. The minimum absolute atomic E-state index is 0. The lowest BCUT2D eigenvalue weighted by Gasteiger charge is -2.36. The highest BCUT2D eigenvalue weighted by Crippen LogP contribution is 2.15. The number of hydrogen-bond acceptors (Lipinski definition) is 3. The smallest absolute Gasteiger partial charge is 0.222 e.